The number of sulfonamides is 1. The number of fused-ring (bicyclic) bond motifs is 2. The summed E-state index contributed by atoms with van der Waals surface area (Å²) >= 11 is 0. The number of pyridine rings is 1. The number of likely N-dealkylation sites (tertiary alicyclic amines) is 1. The Morgan fingerprint density at radius 1 is 1.14 bits per heavy atom. The van der Waals surface area contributed by atoms with Gasteiger partial charge in [-0.05, 0) is 74.5 Å². The Morgan fingerprint density at radius 2 is 1.98 bits per heavy atom. The monoisotopic (exact) mass is 589 g/mol. The van der Waals surface area contributed by atoms with Crippen LogP contribution in [0.5, 0.6) is 5.75 Å². The van der Waals surface area contributed by atoms with Gasteiger partial charge in [-0.25, -0.2) is 28.1 Å². The quantitative estimate of drug-likeness (QED) is 0.442. The number of anilines is 2. The summed E-state index contributed by atoms with van der Waals surface area (Å²) in [5, 5.41) is 0. The Bertz CT molecular complexity index is 1650. The minimum absolute atomic E-state index is 0.00209. The lowest BCUT2D eigenvalue weighted by atomic mass is 9.75. The third-order valence-electron chi connectivity index (χ3n) is 8.89. The maximum Gasteiger partial charge on any atom is 0.244 e. The van der Waals surface area contributed by atoms with E-state index in [1.807, 2.05) is 25.2 Å². The number of aromatic nitrogens is 3. The summed E-state index contributed by atoms with van der Waals surface area (Å²) < 4.78 is 35.4. The van der Waals surface area contributed by atoms with Crippen molar-refractivity contribution in [1.29, 1.82) is 0 Å². The minimum Gasteiger partial charge on any atom is -0.491 e. The van der Waals surface area contributed by atoms with E-state index in [9.17, 15) is 8.42 Å². The van der Waals surface area contributed by atoms with Crippen LogP contribution in [0.4, 0.5) is 11.6 Å². The predicted molar refractivity (Wildman–Crippen MR) is 165 cm³/mol. The van der Waals surface area contributed by atoms with Gasteiger partial charge in [-0.15, -0.1) is 0 Å². The Balaban J connectivity index is 1.28. The van der Waals surface area contributed by atoms with Gasteiger partial charge < -0.3 is 20.3 Å². The zero-order valence-corrected chi connectivity index (χ0v) is 25.5. The summed E-state index contributed by atoms with van der Waals surface area (Å²) in [6.45, 7) is 10.7. The van der Waals surface area contributed by atoms with Gasteiger partial charge >= 0.3 is 0 Å². The molecule has 0 bridgehead atoms. The first-order valence-electron chi connectivity index (χ1n) is 14.5. The van der Waals surface area contributed by atoms with E-state index in [0.717, 1.165) is 59.9 Å². The number of nitrogen functional groups attached to an aromatic ring is 1. The standard InChI is InChI=1S/C31H39N7O3S/c1-20-11-26-25(14-31(20,2)3)30(35-19-34-26)38-9-10-41-27-6-5-22(12-24(27)18-38)23-13-28(29(32)33-16-23)42(39,40)36-15-21-7-8-37(4)17-21/h5-6,11-13,16,19,21,36H,7-10,14-15,17-18H2,1-4H3,(H2,32,33)/t21-/m1/s1. The Morgan fingerprint density at radius 3 is 2.76 bits per heavy atom. The number of ether oxygens (including phenoxy) is 1. The molecule has 11 heteroatoms. The zero-order valence-electron chi connectivity index (χ0n) is 24.7. The number of allylic oxidation sites excluding steroid dienone is 1. The van der Waals surface area contributed by atoms with Crippen molar-refractivity contribution in [3.63, 3.8) is 0 Å². The average molecular weight is 590 g/mol. The molecule has 1 fully saturated rings. The highest BCUT2D eigenvalue weighted by molar-refractivity contribution is 7.89. The van der Waals surface area contributed by atoms with Crippen LogP contribution in [0.25, 0.3) is 17.2 Å². The lowest BCUT2D eigenvalue weighted by Gasteiger charge is -2.33. The van der Waals surface area contributed by atoms with Gasteiger partial charge in [0, 0.05) is 42.5 Å². The molecule has 0 saturated carbocycles. The molecule has 10 nitrogen and oxygen atoms in total. The summed E-state index contributed by atoms with van der Waals surface area (Å²) in [5.41, 5.74) is 12.1. The second-order valence-corrected chi connectivity index (χ2v) is 14.2. The fourth-order valence-electron chi connectivity index (χ4n) is 6.05. The topological polar surface area (TPSA) is 127 Å². The fraction of sp³-hybridized carbons (Fsp3) is 0.452. The Kier molecular flexibility index (Phi) is 7.44. The second kappa shape index (κ2) is 10.9. The van der Waals surface area contributed by atoms with E-state index in [0.29, 0.717) is 31.8 Å². The highest BCUT2D eigenvalue weighted by Crippen LogP contribution is 2.41. The van der Waals surface area contributed by atoms with Crippen molar-refractivity contribution in [2.24, 2.45) is 11.3 Å². The summed E-state index contributed by atoms with van der Waals surface area (Å²) in [5.74, 6) is 2.00. The van der Waals surface area contributed by atoms with Crippen LogP contribution in [0.15, 0.2) is 47.3 Å². The predicted octanol–water partition coefficient (Wildman–Crippen LogP) is 3.74. The maximum atomic E-state index is 13.2. The Hall–Kier alpha value is -3.54. The van der Waals surface area contributed by atoms with Crippen molar-refractivity contribution >= 4 is 27.7 Å². The largest absolute Gasteiger partial charge is 0.491 e. The molecule has 0 amide bonds. The number of hydrogen-bond acceptors (Lipinski definition) is 9. The molecule has 6 rings (SSSR count). The number of hydrogen-bond donors (Lipinski definition) is 2. The molecule has 1 aliphatic carbocycles. The van der Waals surface area contributed by atoms with E-state index < -0.39 is 10.0 Å². The van der Waals surface area contributed by atoms with Gasteiger partial charge in [-0.2, -0.15) is 0 Å². The van der Waals surface area contributed by atoms with Crippen LogP contribution < -0.4 is 20.1 Å². The van der Waals surface area contributed by atoms with Crippen molar-refractivity contribution in [2.75, 3.05) is 50.5 Å². The molecule has 0 unspecified atom stereocenters. The highest BCUT2D eigenvalue weighted by atomic mass is 32.2. The summed E-state index contributed by atoms with van der Waals surface area (Å²) in [6, 6.07) is 7.53. The van der Waals surface area contributed by atoms with Crippen LogP contribution in [0.2, 0.25) is 0 Å². The smallest absolute Gasteiger partial charge is 0.244 e. The van der Waals surface area contributed by atoms with Crippen molar-refractivity contribution in [2.45, 2.75) is 45.1 Å². The molecular weight excluding hydrogens is 550 g/mol. The number of nitrogens with zero attached hydrogens (tertiary/aromatic N) is 5. The fourth-order valence-corrected chi connectivity index (χ4v) is 7.27. The van der Waals surface area contributed by atoms with Crippen LogP contribution in [0.3, 0.4) is 0 Å². The molecule has 1 atom stereocenters. The third kappa shape index (κ3) is 5.60. The SMILES string of the molecule is CC1=Cc2ncnc(N3CCOc4ccc(-c5cnc(N)c(S(=O)(=O)NC[C@H]6CCN(C)C6)c5)cc4C3)c2CC1(C)C. The van der Waals surface area contributed by atoms with E-state index in [2.05, 4.69) is 51.3 Å². The van der Waals surface area contributed by atoms with Gasteiger partial charge in [0.25, 0.3) is 0 Å². The zero-order chi connectivity index (χ0) is 29.6. The van der Waals surface area contributed by atoms with Crippen LogP contribution in [0.1, 0.15) is 44.0 Å². The molecular formula is C31H39N7O3S. The van der Waals surface area contributed by atoms with Crippen LogP contribution in [-0.4, -0.2) is 68.1 Å². The third-order valence-corrected chi connectivity index (χ3v) is 10.3. The molecule has 4 heterocycles. The molecule has 1 aromatic carbocycles. The maximum absolute atomic E-state index is 13.2. The normalized spacial score (nSPS) is 20.3. The van der Waals surface area contributed by atoms with Crippen molar-refractivity contribution in [1.82, 2.24) is 24.6 Å². The van der Waals surface area contributed by atoms with Crippen molar-refractivity contribution in [3.8, 4) is 16.9 Å². The molecule has 3 N–H and O–H groups in total. The molecule has 2 aromatic heterocycles. The van der Waals surface area contributed by atoms with E-state index in [1.165, 1.54) is 5.57 Å². The first-order valence-corrected chi connectivity index (χ1v) is 16.0. The molecule has 222 valence electrons. The van der Waals surface area contributed by atoms with Gasteiger partial charge in [0.2, 0.25) is 10.0 Å². The van der Waals surface area contributed by atoms with Crippen molar-refractivity contribution < 1.29 is 13.2 Å². The second-order valence-electron chi connectivity index (χ2n) is 12.4. The molecule has 0 spiro atoms. The number of nitrogens with two attached hydrogens (primary N) is 1. The van der Waals surface area contributed by atoms with Gasteiger partial charge in [0.15, 0.2) is 0 Å². The average Bonchev–Trinajstić information content (AvgIpc) is 3.25. The lowest BCUT2D eigenvalue weighted by Crippen LogP contribution is -2.31. The molecule has 1 saturated heterocycles. The highest BCUT2D eigenvalue weighted by Gasteiger charge is 2.31. The van der Waals surface area contributed by atoms with Gasteiger partial charge in [0.1, 0.15) is 35.2 Å². The molecule has 3 aliphatic rings. The minimum atomic E-state index is -3.82. The molecule has 3 aromatic rings. The van der Waals surface area contributed by atoms with Crippen LogP contribution >= 0.6 is 0 Å². The summed E-state index contributed by atoms with van der Waals surface area (Å²) in [4.78, 5) is 18.0. The van der Waals surface area contributed by atoms with E-state index in [1.54, 1.807) is 18.6 Å². The van der Waals surface area contributed by atoms with Crippen molar-refractivity contribution in [3.05, 3.63) is 59.2 Å². The Labute approximate surface area is 248 Å². The van der Waals surface area contributed by atoms with Crippen LogP contribution in [0, 0.1) is 11.3 Å². The number of benzene rings is 1. The molecule has 42 heavy (non-hydrogen) atoms. The van der Waals surface area contributed by atoms with Crippen LogP contribution in [-0.2, 0) is 23.0 Å². The van der Waals surface area contributed by atoms with E-state index >= 15 is 0 Å². The van der Waals surface area contributed by atoms with Gasteiger partial charge in [-0.1, -0.05) is 25.5 Å². The molecule has 0 radical (unpaired) electrons. The van der Waals surface area contributed by atoms with Gasteiger partial charge in [0.05, 0.1) is 12.2 Å². The first-order chi connectivity index (χ1) is 20.0. The first kappa shape index (κ1) is 28.6. The van der Waals surface area contributed by atoms with Gasteiger partial charge in [-0.3, -0.25) is 0 Å². The number of rotatable bonds is 6. The number of nitrogens with one attached hydrogen (secondary N) is 1. The molecule has 2 aliphatic heterocycles. The van der Waals surface area contributed by atoms with E-state index in [-0.39, 0.29) is 22.0 Å². The van der Waals surface area contributed by atoms with E-state index in [4.69, 9.17) is 15.5 Å². The summed E-state index contributed by atoms with van der Waals surface area (Å²) in [6.07, 6.45) is 7.26. The summed E-state index contributed by atoms with van der Waals surface area (Å²) in [7, 11) is -1.78. The lowest BCUT2D eigenvalue weighted by molar-refractivity contribution is 0.331.